The third-order valence-corrected chi connectivity index (χ3v) is 2.14. The Balaban J connectivity index is 2.55. The third kappa shape index (κ3) is 3.46. The molecule has 4 nitrogen and oxygen atoms in total. The standard InChI is InChI=1S/C10H11F4NO3/c1-5-2-6(18-7(5)8(16)17)3-15-4-10(13,14)9(11)12/h2,9,15H,3-4H2,1H3,(H,16,17). The lowest BCUT2D eigenvalue weighted by Crippen LogP contribution is -2.38. The zero-order chi connectivity index (χ0) is 13.9. The van der Waals surface area contributed by atoms with E-state index in [0.29, 0.717) is 5.56 Å². The van der Waals surface area contributed by atoms with Crippen molar-refractivity contribution < 1.29 is 31.9 Å². The van der Waals surface area contributed by atoms with E-state index in [4.69, 9.17) is 9.52 Å². The van der Waals surface area contributed by atoms with Gasteiger partial charge in [0.1, 0.15) is 5.76 Å². The van der Waals surface area contributed by atoms with Gasteiger partial charge in [0.05, 0.1) is 13.1 Å². The summed E-state index contributed by atoms with van der Waals surface area (Å²) in [6, 6.07) is 1.34. The van der Waals surface area contributed by atoms with Crippen molar-refractivity contribution in [1.29, 1.82) is 0 Å². The summed E-state index contributed by atoms with van der Waals surface area (Å²) < 4.78 is 53.5. The molecule has 0 saturated heterocycles. The van der Waals surface area contributed by atoms with Crippen LogP contribution in [0.3, 0.4) is 0 Å². The molecule has 18 heavy (non-hydrogen) atoms. The fraction of sp³-hybridized carbons (Fsp3) is 0.500. The predicted molar refractivity (Wildman–Crippen MR) is 53.1 cm³/mol. The van der Waals surface area contributed by atoms with Crippen molar-refractivity contribution in [2.24, 2.45) is 0 Å². The van der Waals surface area contributed by atoms with E-state index < -0.39 is 24.9 Å². The third-order valence-electron chi connectivity index (χ3n) is 2.14. The Hall–Kier alpha value is -1.57. The Kier molecular flexibility index (Phi) is 4.33. The number of alkyl halides is 4. The zero-order valence-corrected chi connectivity index (χ0v) is 9.34. The minimum Gasteiger partial charge on any atom is -0.475 e. The second-order valence-corrected chi connectivity index (χ2v) is 3.70. The quantitative estimate of drug-likeness (QED) is 0.778. The fourth-order valence-electron chi connectivity index (χ4n) is 1.28. The molecule has 0 amide bonds. The minimum absolute atomic E-state index is 0.0926. The molecule has 0 radical (unpaired) electrons. The first-order valence-electron chi connectivity index (χ1n) is 4.93. The van der Waals surface area contributed by atoms with Gasteiger partial charge in [0.15, 0.2) is 0 Å². The molecular weight excluding hydrogens is 258 g/mol. The summed E-state index contributed by atoms with van der Waals surface area (Å²) in [5.41, 5.74) is 0.333. The number of nitrogens with one attached hydrogen (secondary N) is 1. The molecule has 0 bridgehead atoms. The smallest absolute Gasteiger partial charge is 0.372 e. The first-order chi connectivity index (χ1) is 8.24. The number of rotatable bonds is 6. The first kappa shape index (κ1) is 14.5. The lowest BCUT2D eigenvalue weighted by atomic mass is 10.2. The van der Waals surface area contributed by atoms with Crippen molar-refractivity contribution >= 4 is 5.97 Å². The Morgan fingerprint density at radius 1 is 1.56 bits per heavy atom. The molecule has 1 rings (SSSR count). The number of carboxylic acid groups (broad SMARTS) is 1. The number of carboxylic acids is 1. The average molecular weight is 269 g/mol. The van der Waals surface area contributed by atoms with Crippen LogP contribution in [0, 0.1) is 6.92 Å². The van der Waals surface area contributed by atoms with E-state index in [1.54, 1.807) is 0 Å². The van der Waals surface area contributed by atoms with Gasteiger partial charge in [0.2, 0.25) is 5.76 Å². The number of halogens is 4. The van der Waals surface area contributed by atoms with Crippen LogP contribution in [0.25, 0.3) is 0 Å². The molecule has 0 spiro atoms. The second kappa shape index (κ2) is 5.38. The highest BCUT2D eigenvalue weighted by Gasteiger charge is 2.40. The highest BCUT2D eigenvalue weighted by Crippen LogP contribution is 2.22. The molecule has 0 aliphatic rings. The van der Waals surface area contributed by atoms with Crippen LogP contribution < -0.4 is 5.32 Å². The summed E-state index contributed by atoms with van der Waals surface area (Å²) in [4.78, 5) is 10.6. The van der Waals surface area contributed by atoms with Crippen LogP contribution in [-0.4, -0.2) is 30.0 Å². The molecule has 0 fully saturated rings. The number of hydrogen-bond acceptors (Lipinski definition) is 3. The summed E-state index contributed by atoms with van der Waals surface area (Å²) >= 11 is 0. The molecule has 102 valence electrons. The van der Waals surface area contributed by atoms with Gasteiger partial charge in [-0.1, -0.05) is 0 Å². The van der Waals surface area contributed by atoms with E-state index in [-0.39, 0.29) is 18.1 Å². The molecule has 1 aromatic rings. The fourth-order valence-corrected chi connectivity index (χ4v) is 1.28. The zero-order valence-electron chi connectivity index (χ0n) is 9.34. The van der Waals surface area contributed by atoms with Crippen molar-refractivity contribution in [2.45, 2.75) is 25.8 Å². The van der Waals surface area contributed by atoms with Gasteiger partial charge < -0.3 is 14.8 Å². The normalized spacial score (nSPS) is 12.1. The van der Waals surface area contributed by atoms with Crippen molar-refractivity contribution in [2.75, 3.05) is 6.54 Å². The minimum atomic E-state index is -4.13. The van der Waals surface area contributed by atoms with Gasteiger partial charge in [-0.05, 0) is 13.0 Å². The summed E-state index contributed by atoms with van der Waals surface area (Å²) in [6.45, 7) is 0.00740. The second-order valence-electron chi connectivity index (χ2n) is 3.70. The van der Waals surface area contributed by atoms with E-state index in [9.17, 15) is 22.4 Å². The van der Waals surface area contributed by atoms with Crippen molar-refractivity contribution in [1.82, 2.24) is 5.32 Å². The first-order valence-corrected chi connectivity index (χ1v) is 4.93. The van der Waals surface area contributed by atoms with E-state index in [0.717, 1.165) is 0 Å². The monoisotopic (exact) mass is 269 g/mol. The van der Waals surface area contributed by atoms with Crippen LogP contribution in [0.5, 0.6) is 0 Å². The van der Waals surface area contributed by atoms with E-state index >= 15 is 0 Å². The predicted octanol–water partition coefficient (Wildman–Crippen LogP) is 2.28. The topological polar surface area (TPSA) is 62.5 Å². The van der Waals surface area contributed by atoms with Crippen LogP contribution in [0.15, 0.2) is 10.5 Å². The largest absolute Gasteiger partial charge is 0.475 e. The summed E-state index contributed by atoms with van der Waals surface area (Å²) in [5.74, 6) is -5.61. The molecular formula is C10H11F4NO3. The van der Waals surface area contributed by atoms with Crippen LogP contribution in [0.2, 0.25) is 0 Å². The van der Waals surface area contributed by atoms with E-state index in [1.165, 1.54) is 13.0 Å². The van der Waals surface area contributed by atoms with E-state index in [1.807, 2.05) is 0 Å². The Bertz CT molecular complexity index is 431. The maximum atomic E-state index is 12.5. The number of aryl methyl sites for hydroxylation is 1. The molecule has 0 aliphatic heterocycles. The number of carbonyl (C=O) groups is 1. The van der Waals surface area contributed by atoms with Gasteiger partial charge in [0.25, 0.3) is 0 Å². The van der Waals surface area contributed by atoms with Crippen LogP contribution >= 0.6 is 0 Å². The molecule has 0 saturated carbocycles. The molecule has 1 aromatic heterocycles. The SMILES string of the molecule is Cc1cc(CNCC(F)(F)C(F)F)oc1C(=O)O. The molecule has 0 aromatic carbocycles. The molecule has 0 aliphatic carbocycles. The molecule has 0 atom stereocenters. The van der Waals surface area contributed by atoms with Gasteiger partial charge in [-0.25, -0.2) is 13.6 Å². The van der Waals surface area contributed by atoms with Gasteiger partial charge in [-0.15, -0.1) is 0 Å². The summed E-state index contributed by atoms with van der Waals surface area (Å²) in [7, 11) is 0. The number of furan rings is 1. The lowest BCUT2D eigenvalue weighted by molar-refractivity contribution is -0.125. The Morgan fingerprint density at radius 2 is 2.17 bits per heavy atom. The average Bonchev–Trinajstić information content (AvgIpc) is 2.59. The molecule has 0 unspecified atom stereocenters. The van der Waals surface area contributed by atoms with Crippen molar-refractivity contribution in [3.05, 3.63) is 23.2 Å². The lowest BCUT2D eigenvalue weighted by Gasteiger charge is -2.14. The highest BCUT2D eigenvalue weighted by atomic mass is 19.3. The van der Waals surface area contributed by atoms with Gasteiger partial charge >= 0.3 is 18.3 Å². The summed E-state index contributed by atoms with van der Waals surface area (Å²) in [6.07, 6.45) is -3.75. The van der Waals surface area contributed by atoms with Crippen LogP contribution in [0.4, 0.5) is 17.6 Å². The maximum Gasteiger partial charge on any atom is 0.372 e. The highest BCUT2D eigenvalue weighted by molar-refractivity contribution is 5.86. The van der Waals surface area contributed by atoms with Crippen molar-refractivity contribution in [3.63, 3.8) is 0 Å². The van der Waals surface area contributed by atoms with Gasteiger partial charge in [0, 0.05) is 5.56 Å². The Morgan fingerprint density at radius 3 is 2.61 bits per heavy atom. The summed E-state index contributed by atoms with van der Waals surface area (Å²) in [5, 5.41) is 10.8. The van der Waals surface area contributed by atoms with Gasteiger partial charge in [-0.3, -0.25) is 0 Å². The van der Waals surface area contributed by atoms with Crippen molar-refractivity contribution in [3.8, 4) is 0 Å². The number of aromatic carboxylic acids is 1. The van der Waals surface area contributed by atoms with E-state index in [2.05, 4.69) is 5.32 Å². The Labute approximate surface area is 99.6 Å². The molecule has 1 heterocycles. The molecule has 2 N–H and O–H groups in total. The number of hydrogen-bond donors (Lipinski definition) is 2. The maximum absolute atomic E-state index is 12.5. The molecule has 8 heteroatoms. The van der Waals surface area contributed by atoms with Crippen LogP contribution in [-0.2, 0) is 6.54 Å². The van der Waals surface area contributed by atoms with Gasteiger partial charge in [-0.2, -0.15) is 8.78 Å². The van der Waals surface area contributed by atoms with Crippen LogP contribution in [0.1, 0.15) is 21.9 Å².